The maximum atomic E-state index is 13.6. The Hall–Kier alpha value is -2.40. The van der Waals surface area contributed by atoms with E-state index in [1.165, 1.54) is 25.0 Å². The van der Waals surface area contributed by atoms with E-state index in [0.29, 0.717) is 29.6 Å². The van der Waals surface area contributed by atoms with E-state index in [1.807, 2.05) is 25.1 Å². The van der Waals surface area contributed by atoms with E-state index in [-0.39, 0.29) is 5.91 Å². The normalized spacial score (nSPS) is 13.8. The Kier molecular flexibility index (Phi) is 5.36. The van der Waals surface area contributed by atoms with Crippen LogP contribution in [0.2, 0.25) is 5.02 Å². The molecule has 0 aliphatic heterocycles. The highest BCUT2D eigenvalue weighted by Gasteiger charge is 2.26. The summed E-state index contributed by atoms with van der Waals surface area (Å²) in [5.74, 6) is 0.929. The monoisotopic (exact) mass is 399 g/mol. The van der Waals surface area contributed by atoms with E-state index < -0.39 is 5.82 Å². The molecule has 1 amide bonds. The minimum absolute atomic E-state index is 0.176. The lowest BCUT2D eigenvalue weighted by Crippen LogP contribution is -2.32. The van der Waals surface area contributed by atoms with Gasteiger partial charge in [-0.3, -0.25) is 4.79 Å². The van der Waals surface area contributed by atoms with Crippen LogP contribution in [0, 0.1) is 11.7 Å². The highest BCUT2D eigenvalue weighted by Crippen LogP contribution is 2.33. The molecule has 4 rings (SSSR count). The number of carbonyl (C=O) groups excluding carboxylic acids is 1. The van der Waals surface area contributed by atoms with Gasteiger partial charge in [-0.05, 0) is 61.6 Å². The molecule has 4 nitrogen and oxygen atoms in total. The van der Waals surface area contributed by atoms with Crippen LogP contribution in [0.15, 0.2) is 42.5 Å². The zero-order valence-corrected chi connectivity index (χ0v) is 16.6. The quantitative estimate of drug-likeness (QED) is 0.541. The molecule has 146 valence electrons. The van der Waals surface area contributed by atoms with Crippen LogP contribution in [0.4, 0.5) is 4.39 Å². The second-order valence-electron chi connectivity index (χ2n) is 7.45. The van der Waals surface area contributed by atoms with Gasteiger partial charge in [0.05, 0.1) is 17.6 Å². The van der Waals surface area contributed by atoms with Crippen LogP contribution in [0.3, 0.4) is 0 Å². The number of benzene rings is 2. The van der Waals surface area contributed by atoms with Crippen molar-refractivity contribution in [1.29, 1.82) is 0 Å². The van der Waals surface area contributed by atoms with E-state index in [0.717, 1.165) is 29.8 Å². The average molecular weight is 400 g/mol. The predicted molar refractivity (Wildman–Crippen MR) is 109 cm³/mol. The zero-order chi connectivity index (χ0) is 19.7. The first-order valence-corrected chi connectivity index (χ1v) is 10.1. The summed E-state index contributed by atoms with van der Waals surface area (Å²) in [6, 6.07) is 11.6. The molecule has 1 saturated carbocycles. The first kappa shape index (κ1) is 18.9. The number of fused-ring (bicyclic) bond motifs is 1. The van der Waals surface area contributed by atoms with Crippen LogP contribution < -0.4 is 0 Å². The molecule has 1 aromatic heterocycles. The molecule has 6 heteroatoms. The van der Waals surface area contributed by atoms with Gasteiger partial charge >= 0.3 is 0 Å². The summed E-state index contributed by atoms with van der Waals surface area (Å²) >= 11 is 6.21. The van der Waals surface area contributed by atoms with Gasteiger partial charge in [0.25, 0.3) is 5.91 Å². The number of amides is 1. The minimum Gasteiger partial charge on any atom is -0.331 e. The van der Waals surface area contributed by atoms with E-state index in [9.17, 15) is 9.18 Å². The number of rotatable bonds is 7. The van der Waals surface area contributed by atoms with Crippen molar-refractivity contribution in [3.05, 3.63) is 64.7 Å². The van der Waals surface area contributed by atoms with Crippen molar-refractivity contribution in [3.63, 3.8) is 0 Å². The molecule has 3 aromatic rings. The van der Waals surface area contributed by atoms with Crippen LogP contribution in [0.25, 0.3) is 11.0 Å². The molecule has 0 unspecified atom stereocenters. The SMILES string of the molecule is CCCN(Cc1nc2ccc(Cl)cc2n1CC1CC1)C(=O)c1cccc(F)c1. The molecule has 0 atom stereocenters. The van der Waals surface area contributed by atoms with Gasteiger partial charge in [-0.25, -0.2) is 9.37 Å². The van der Waals surface area contributed by atoms with E-state index >= 15 is 0 Å². The van der Waals surface area contributed by atoms with Crippen LogP contribution in [-0.2, 0) is 13.1 Å². The molecule has 28 heavy (non-hydrogen) atoms. The summed E-state index contributed by atoms with van der Waals surface area (Å²) < 4.78 is 15.8. The molecule has 0 spiro atoms. The summed E-state index contributed by atoms with van der Waals surface area (Å²) in [5, 5.41) is 0.678. The standard InChI is InChI=1S/C22H23ClFN3O/c1-2-10-26(22(28)16-4-3-5-18(24)11-16)14-21-25-19-9-8-17(23)12-20(19)27(21)13-15-6-7-15/h3-5,8-9,11-12,15H,2,6-7,10,13-14H2,1H3. The number of aromatic nitrogens is 2. The maximum absolute atomic E-state index is 13.6. The molecule has 1 heterocycles. The maximum Gasteiger partial charge on any atom is 0.254 e. The molecule has 0 bridgehead atoms. The number of carbonyl (C=O) groups is 1. The van der Waals surface area contributed by atoms with Crippen LogP contribution in [0.5, 0.6) is 0 Å². The topological polar surface area (TPSA) is 38.1 Å². The molecule has 1 aliphatic rings. The molecule has 1 fully saturated rings. The summed E-state index contributed by atoms with van der Waals surface area (Å²) in [5.41, 5.74) is 2.25. The average Bonchev–Trinajstić information content (AvgIpc) is 3.44. The number of halogens is 2. The Morgan fingerprint density at radius 3 is 2.82 bits per heavy atom. The van der Waals surface area contributed by atoms with Gasteiger partial charge in [0, 0.05) is 23.7 Å². The second-order valence-corrected chi connectivity index (χ2v) is 7.89. The van der Waals surface area contributed by atoms with Gasteiger partial charge in [-0.15, -0.1) is 0 Å². The van der Waals surface area contributed by atoms with Gasteiger partial charge in [-0.1, -0.05) is 24.6 Å². The predicted octanol–water partition coefficient (Wildman–Crippen LogP) is 5.29. The Labute approximate surface area is 168 Å². The van der Waals surface area contributed by atoms with Gasteiger partial charge in [-0.2, -0.15) is 0 Å². The molecule has 0 radical (unpaired) electrons. The summed E-state index contributed by atoms with van der Waals surface area (Å²) in [7, 11) is 0. The third kappa shape index (κ3) is 4.04. The van der Waals surface area contributed by atoms with Crippen molar-refractivity contribution in [1.82, 2.24) is 14.5 Å². The molecule has 2 aromatic carbocycles. The highest BCUT2D eigenvalue weighted by molar-refractivity contribution is 6.31. The van der Waals surface area contributed by atoms with Crippen molar-refractivity contribution >= 4 is 28.5 Å². The fraction of sp³-hybridized carbons (Fsp3) is 0.364. The second kappa shape index (κ2) is 7.92. The summed E-state index contributed by atoms with van der Waals surface area (Å²) in [6.07, 6.45) is 3.26. The summed E-state index contributed by atoms with van der Waals surface area (Å²) in [4.78, 5) is 19.5. The Balaban J connectivity index is 1.68. The van der Waals surface area contributed by atoms with Crippen molar-refractivity contribution in [2.75, 3.05) is 6.54 Å². The van der Waals surface area contributed by atoms with Crippen LogP contribution >= 0.6 is 11.6 Å². The Bertz CT molecular complexity index is 1010. The number of nitrogens with zero attached hydrogens (tertiary/aromatic N) is 3. The number of imidazole rings is 1. The van der Waals surface area contributed by atoms with Gasteiger partial charge in [0.2, 0.25) is 0 Å². The zero-order valence-electron chi connectivity index (χ0n) is 15.9. The van der Waals surface area contributed by atoms with Gasteiger partial charge in [0.1, 0.15) is 11.6 Å². The number of hydrogen-bond donors (Lipinski definition) is 0. The van der Waals surface area contributed by atoms with Crippen molar-refractivity contribution in [2.45, 2.75) is 39.3 Å². The molecular weight excluding hydrogens is 377 g/mol. The van der Waals surface area contributed by atoms with Gasteiger partial charge < -0.3 is 9.47 Å². The lowest BCUT2D eigenvalue weighted by molar-refractivity contribution is 0.0736. The van der Waals surface area contributed by atoms with E-state index in [1.54, 1.807) is 17.0 Å². The smallest absolute Gasteiger partial charge is 0.254 e. The van der Waals surface area contributed by atoms with Crippen LogP contribution in [0.1, 0.15) is 42.4 Å². The number of hydrogen-bond acceptors (Lipinski definition) is 2. The largest absolute Gasteiger partial charge is 0.331 e. The van der Waals surface area contributed by atoms with E-state index in [4.69, 9.17) is 16.6 Å². The molecule has 1 aliphatic carbocycles. The lowest BCUT2D eigenvalue weighted by atomic mass is 10.2. The van der Waals surface area contributed by atoms with Crippen molar-refractivity contribution < 1.29 is 9.18 Å². The summed E-state index contributed by atoms with van der Waals surface area (Å²) in [6.45, 7) is 3.89. The van der Waals surface area contributed by atoms with Crippen molar-refractivity contribution in [3.8, 4) is 0 Å². The lowest BCUT2D eigenvalue weighted by Gasteiger charge is -2.22. The Morgan fingerprint density at radius 1 is 1.29 bits per heavy atom. The first-order valence-electron chi connectivity index (χ1n) is 9.74. The van der Waals surface area contributed by atoms with Gasteiger partial charge in [0.15, 0.2) is 0 Å². The first-order chi connectivity index (χ1) is 13.5. The molecular formula is C22H23ClFN3O. The van der Waals surface area contributed by atoms with E-state index in [2.05, 4.69) is 4.57 Å². The fourth-order valence-electron chi connectivity index (χ4n) is 3.53. The molecule has 0 N–H and O–H groups in total. The highest BCUT2D eigenvalue weighted by atomic mass is 35.5. The fourth-order valence-corrected chi connectivity index (χ4v) is 3.69. The third-order valence-corrected chi connectivity index (χ3v) is 5.35. The van der Waals surface area contributed by atoms with Crippen LogP contribution in [-0.4, -0.2) is 26.9 Å². The molecule has 0 saturated heterocycles. The Morgan fingerprint density at radius 2 is 2.11 bits per heavy atom. The third-order valence-electron chi connectivity index (χ3n) is 5.11. The van der Waals surface area contributed by atoms with Crippen molar-refractivity contribution in [2.24, 2.45) is 5.92 Å². The minimum atomic E-state index is -0.405.